The largest absolute Gasteiger partial charge is 0.352 e. The Morgan fingerprint density at radius 1 is 1.36 bits per heavy atom. The van der Waals surface area contributed by atoms with Crippen molar-refractivity contribution in [1.82, 2.24) is 19.7 Å². The smallest absolute Gasteiger partial charge is 0.226 e. The van der Waals surface area contributed by atoms with E-state index in [-0.39, 0.29) is 10.6 Å². The van der Waals surface area contributed by atoms with Crippen LogP contribution in [0.5, 0.6) is 0 Å². The molecule has 1 aliphatic carbocycles. The first-order chi connectivity index (χ1) is 11.9. The van der Waals surface area contributed by atoms with E-state index in [1.165, 1.54) is 12.1 Å². The molecule has 4 N–H and O–H groups in total. The molecule has 1 fully saturated rings. The minimum atomic E-state index is -0.500. The molecule has 2 aromatic heterocycles. The summed E-state index contributed by atoms with van der Waals surface area (Å²) in [6, 6.07) is 4.49. The summed E-state index contributed by atoms with van der Waals surface area (Å²) in [5.41, 5.74) is 7.13. The lowest BCUT2D eigenvalue weighted by Crippen LogP contribution is -2.31. The monoisotopic (exact) mass is 361 g/mol. The lowest BCUT2D eigenvalue weighted by Gasteiger charge is -2.13. The molecular formula is C16H17ClFN7. The number of fused-ring (bicyclic) bond motifs is 1. The summed E-state index contributed by atoms with van der Waals surface area (Å²) in [4.78, 5) is 8.98. The van der Waals surface area contributed by atoms with E-state index in [9.17, 15) is 4.39 Å². The van der Waals surface area contributed by atoms with E-state index in [0.29, 0.717) is 29.6 Å². The average molecular weight is 362 g/mol. The van der Waals surface area contributed by atoms with Gasteiger partial charge in [0.15, 0.2) is 5.65 Å². The van der Waals surface area contributed by atoms with Crippen LogP contribution in [0.1, 0.15) is 12.8 Å². The van der Waals surface area contributed by atoms with E-state index >= 15 is 0 Å². The topological polar surface area (TPSA) is 93.7 Å². The van der Waals surface area contributed by atoms with Crippen LogP contribution in [-0.4, -0.2) is 31.8 Å². The molecule has 1 saturated carbocycles. The second-order valence-electron chi connectivity index (χ2n) is 6.37. The van der Waals surface area contributed by atoms with Crippen LogP contribution in [0.3, 0.4) is 0 Å². The number of rotatable bonds is 5. The van der Waals surface area contributed by atoms with Gasteiger partial charge in [-0.1, -0.05) is 11.6 Å². The van der Waals surface area contributed by atoms with Crippen LogP contribution in [0.25, 0.3) is 11.0 Å². The number of aromatic nitrogens is 4. The second-order valence-corrected chi connectivity index (χ2v) is 6.78. The van der Waals surface area contributed by atoms with Crippen LogP contribution in [-0.2, 0) is 7.05 Å². The number of nitrogens with one attached hydrogen (secondary N) is 2. The van der Waals surface area contributed by atoms with Crippen molar-refractivity contribution in [2.24, 2.45) is 12.8 Å². The van der Waals surface area contributed by atoms with Crippen LogP contribution in [0.15, 0.2) is 24.4 Å². The first kappa shape index (κ1) is 16.0. The standard InChI is InChI=1S/C16H17ClFN7/c1-25-14-10(7-21-25)13(22-9-2-3-11(17)12(18)6-9)23-15(24-14)20-8-16(19)4-5-16/h2-3,6-7H,4-5,8,19H2,1H3,(H2,20,22,23,24). The van der Waals surface area contributed by atoms with Gasteiger partial charge >= 0.3 is 0 Å². The van der Waals surface area contributed by atoms with Crippen molar-refractivity contribution >= 4 is 40.1 Å². The highest BCUT2D eigenvalue weighted by atomic mass is 35.5. The van der Waals surface area contributed by atoms with Gasteiger partial charge < -0.3 is 16.4 Å². The molecular weight excluding hydrogens is 345 g/mol. The minimum absolute atomic E-state index is 0.0693. The Hall–Kier alpha value is -2.45. The van der Waals surface area contributed by atoms with Crippen LogP contribution >= 0.6 is 11.6 Å². The van der Waals surface area contributed by atoms with Gasteiger partial charge in [0.2, 0.25) is 5.95 Å². The number of nitrogens with two attached hydrogens (primary N) is 1. The molecule has 4 rings (SSSR count). The Morgan fingerprint density at radius 2 is 2.16 bits per heavy atom. The molecule has 7 nitrogen and oxygen atoms in total. The minimum Gasteiger partial charge on any atom is -0.352 e. The number of halogens is 2. The molecule has 130 valence electrons. The van der Waals surface area contributed by atoms with Crippen LogP contribution in [0.2, 0.25) is 5.02 Å². The Kier molecular flexibility index (Phi) is 3.73. The number of aryl methyl sites for hydroxylation is 1. The summed E-state index contributed by atoms with van der Waals surface area (Å²) in [6.45, 7) is 0.603. The maximum absolute atomic E-state index is 13.7. The molecule has 1 aliphatic rings. The predicted octanol–water partition coefficient (Wildman–Crippen LogP) is 2.80. The molecule has 1 aromatic carbocycles. The summed E-state index contributed by atoms with van der Waals surface area (Å²) >= 11 is 5.73. The molecule has 25 heavy (non-hydrogen) atoms. The number of anilines is 3. The lowest BCUT2D eigenvalue weighted by atomic mass is 10.3. The van der Waals surface area contributed by atoms with Gasteiger partial charge in [-0.05, 0) is 31.0 Å². The molecule has 0 amide bonds. The van der Waals surface area contributed by atoms with Gasteiger partial charge in [-0.15, -0.1) is 0 Å². The number of hydrogen-bond donors (Lipinski definition) is 3. The quantitative estimate of drug-likeness (QED) is 0.647. The highest BCUT2D eigenvalue weighted by Gasteiger charge is 2.38. The fourth-order valence-electron chi connectivity index (χ4n) is 2.50. The highest BCUT2D eigenvalue weighted by molar-refractivity contribution is 6.30. The summed E-state index contributed by atoms with van der Waals surface area (Å²) in [6.07, 6.45) is 3.64. The van der Waals surface area contributed by atoms with Crippen LogP contribution in [0, 0.1) is 5.82 Å². The Labute approximate surface area is 148 Å². The highest BCUT2D eigenvalue weighted by Crippen LogP contribution is 2.32. The normalized spacial score (nSPS) is 15.4. The fourth-order valence-corrected chi connectivity index (χ4v) is 2.62. The van der Waals surface area contributed by atoms with Crippen molar-refractivity contribution < 1.29 is 4.39 Å². The van der Waals surface area contributed by atoms with Crippen molar-refractivity contribution in [3.05, 3.63) is 35.2 Å². The van der Waals surface area contributed by atoms with Crippen LogP contribution in [0.4, 0.5) is 21.8 Å². The predicted molar refractivity (Wildman–Crippen MR) is 95.6 cm³/mol. The van der Waals surface area contributed by atoms with Crippen molar-refractivity contribution in [2.45, 2.75) is 18.4 Å². The number of hydrogen-bond acceptors (Lipinski definition) is 6. The Morgan fingerprint density at radius 3 is 2.88 bits per heavy atom. The zero-order chi connectivity index (χ0) is 17.6. The number of benzene rings is 1. The number of nitrogens with zero attached hydrogens (tertiary/aromatic N) is 4. The summed E-state index contributed by atoms with van der Waals surface area (Å²) in [5.74, 6) is 0.481. The summed E-state index contributed by atoms with van der Waals surface area (Å²) in [5, 5.41) is 11.3. The molecule has 0 saturated heterocycles. The van der Waals surface area contributed by atoms with Crippen molar-refractivity contribution in [1.29, 1.82) is 0 Å². The van der Waals surface area contributed by atoms with Gasteiger partial charge in [0.25, 0.3) is 0 Å². The molecule has 0 radical (unpaired) electrons. The summed E-state index contributed by atoms with van der Waals surface area (Å²) < 4.78 is 15.3. The lowest BCUT2D eigenvalue weighted by molar-refractivity contribution is 0.629. The van der Waals surface area contributed by atoms with Crippen molar-refractivity contribution in [3.63, 3.8) is 0 Å². The molecule has 0 spiro atoms. The zero-order valence-corrected chi connectivity index (χ0v) is 14.3. The molecule has 0 unspecified atom stereocenters. The third-order valence-electron chi connectivity index (χ3n) is 4.27. The third kappa shape index (κ3) is 3.22. The first-order valence-electron chi connectivity index (χ1n) is 7.88. The Bertz CT molecular complexity index is 951. The first-order valence-corrected chi connectivity index (χ1v) is 8.26. The molecule has 3 aromatic rings. The summed E-state index contributed by atoms with van der Waals surface area (Å²) in [7, 11) is 1.80. The van der Waals surface area contributed by atoms with Crippen molar-refractivity contribution in [3.8, 4) is 0 Å². The SMILES string of the molecule is Cn1ncc2c(Nc3ccc(Cl)c(F)c3)nc(NCC3(N)CC3)nc21. The van der Waals surface area contributed by atoms with Gasteiger partial charge in [-0.25, -0.2) is 4.39 Å². The van der Waals surface area contributed by atoms with Crippen LogP contribution < -0.4 is 16.4 Å². The molecule has 0 aliphatic heterocycles. The van der Waals surface area contributed by atoms with E-state index in [4.69, 9.17) is 17.3 Å². The van der Waals surface area contributed by atoms with E-state index in [0.717, 1.165) is 18.2 Å². The van der Waals surface area contributed by atoms with E-state index < -0.39 is 5.82 Å². The second kappa shape index (κ2) is 5.82. The van der Waals surface area contributed by atoms with E-state index in [1.807, 2.05) is 0 Å². The zero-order valence-electron chi connectivity index (χ0n) is 13.6. The van der Waals surface area contributed by atoms with E-state index in [2.05, 4.69) is 25.7 Å². The van der Waals surface area contributed by atoms with E-state index in [1.54, 1.807) is 24.0 Å². The molecule has 2 heterocycles. The molecule has 0 bridgehead atoms. The Balaban J connectivity index is 1.69. The third-order valence-corrected chi connectivity index (χ3v) is 4.57. The maximum atomic E-state index is 13.7. The van der Waals surface area contributed by atoms with Gasteiger partial charge in [0.1, 0.15) is 11.6 Å². The average Bonchev–Trinajstić information content (AvgIpc) is 3.21. The van der Waals surface area contributed by atoms with Crippen molar-refractivity contribution in [2.75, 3.05) is 17.2 Å². The van der Waals surface area contributed by atoms with Gasteiger partial charge in [-0.3, -0.25) is 4.68 Å². The maximum Gasteiger partial charge on any atom is 0.226 e. The fraction of sp³-hybridized carbons (Fsp3) is 0.312. The van der Waals surface area contributed by atoms with Gasteiger partial charge in [-0.2, -0.15) is 15.1 Å². The molecule has 9 heteroatoms. The molecule has 0 atom stereocenters. The van der Waals surface area contributed by atoms with Gasteiger partial charge in [0, 0.05) is 24.8 Å². The van der Waals surface area contributed by atoms with Gasteiger partial charge in [0.05, 0.1) is 16.6 Å².